The van der Waals surface area contributed by atoms with Gasteiger partial charge in [0, 0.05) is 13.2 Å². The number of nitrogens with two attached hydrogens (primary N) is 1. The number of likely N-dealkylation sites (N-methyl/N-ethyl adjacent to an activating group) is 1. The van der Waals surface area contributed by atoms with E-state index < -0.39 is 5.41 Å². The first kappa shape index (κ1) is 8.99. The van der Waals surface area contributed by atoms with Gasteiger partial charge in [-0.05, 0) is 25.0 Å². The van der Waals surface area contributed by atoms with Crippen LogP contribution >= 0.6 is 0 Å². The zero-order chi connectivity index (χ0) is 10.2. The van der Waals surface area contributed by atoms with Crippen LogP contribution in [0.15, 0.2) is 18.3 Å². The Bertz CT molecular complexity index is 371. The minimum atomic E-state index is -0.444. The van der Waals surface area contributed by atoms with Gasteiger partial charge in [-0.25, -0.2) is 0 Å². The highest BCUT2D eigenvalue weighted by atomic mass is 16.2. The molecular weight excluding hydrogens is 178 g/mol. The van der Waals surface area contributed by atoms with Gasteiger partial charge in [-0.1, -0.05) is 0 Å². The topological polar surface area (TPSA) is 68.0 Å². The lowest BCUT2D eigenvalue weighted by Gasteiger charge is -2.14. The highest BCUT2D eigenvalue weighted by Crippen LogP contribution is 2.49. The number of carbonyl (C=O) groups excluding carboxylic acids is 1. The molecule has 1 heterocycles. The van der Waals surface area contributed by atoms with E-state index in [1.165, 1.54) is 0 Å². The quantitative estimate of drug-likeness (QED) is 0.712. The van der Waals surface area contributed by atoms with Gasteiger partial charge in [0.25, 0.3) is 0 Å². The molecule has 0 spiro atoms. The molecule has 0 aromatic carbocycles. The smallest absolute Gasteiger partial charge is 0.232 e. The molecule has 0 radical (unpaired) electrons. The summed E-state index contributed by atoms with van der Waals surface area (Å²) in [6.45, 7) is 0. The Morgan fingerprint density at radius 3 is 2.86 bits per heavy atom. The summed E-state index contributed by atoms with van der Waals surface area (Å²) in [4.78, 5) is 15.8. The Kier molecular flexibility index (Phi) is 1.91. The SMILES string of the molecule is CNC(=O)C1(c2ncccc2N)CC1. The average molecular weight is 191 g/mol. The minimum absolute atomic E-state index is 0.0166. The van der Waals surface area contributed by atoms with E-state index >= 15 is 0 Å². The molecule has 1 aromatic rings. The summed E-state index contributed by atoms with van der Waals surface area (Å²) in [7, 11) is 1.64. The third-order valence-electron chi connectivity index (χ3n) is 2.70. The first-order chi connectivity index (χ1) is 6.70. The van der Waals surface area contributed by atoms with Crippen LogP contribution in [0.1, 0.15) is 18.5 Å². The van der Waals surface area contributed by atoms with Crippen molar-refractivity contribution in [2.24, 2.45) is 0 Å². The molecule has 0 saturated heterocycles. The molecule has 1 fully saturated rings. The van der Waals surface area contributed by atoms with Gasteiger partial charge in [-0.15, -0.1) is 0 Å². The van der Waals surface area contributed by atoms with E-state index in [0.29, 0.717) is 5.69 Å². The summed E-state index contributed by atoms with van der Waals surface area (Å²) < 4.78 is 0. The third-order valence-corrected chi connectivity index (χ3v) is 2.70. The van der Waals surface area contributed by atoms with Gasteiger partial charge in [-0.2, -0.15) is 0 Å². The number of amides is 1. The van der Waals surface area contributed by atoms with Crippen molar-refractivity contribution in [3.8, 4) is 0 Å². The molecule has 1 aromatic heterocycles. The Labute approximate surface area is 82.5 Å². The number of pyridine rings is 1. The van der Waals surface area contributed by atoms with Gasteiger partial charge in [-0.3, -0.25) is 9.78 Å². The van der Waals surface area contributed by atoms with E-state index in [4.69, 9.17) is 5.73 Å². The molecule has 4 nitrogen and oxygen atoms in total. The lowest BCUT2D eigenvalue weighted by atomic mass is 9.99. The number of anilines is 1. The van der Waals surface area contributed by atoms with Crippen LogP contribution in [0.2, 0.25) is 0 Å². The van der Waals surface area contributed by atoms with E-state index in [1.54, 1.807) is 25.4 Å². The zero-order valence-electron chi connectivity index (χ0n) is 8.08. The lowest BCUT2D eigenvalue weighted by Crippen LogP contribution is -2.33. The Morgan fingerprint density at radius 2 is 2.36 bits per heavy atom. The first-order valence-electron chi connectivity index (χ1n) is 4.64. The lowest BCUT2D eigenvalue weighted by molar-refractivity contribution is -0.123. The predicted octanol–water partition coefficient (Wildman–Crippen LogP) is 0.441. The van der Waals surface area contributed by atoms with E-state index in [1.807, 2.05) is 0 Å². The van der Waals surface area contributed by atoms with Gasteiger partial charge in [0.15, 0.2) is 0 Å². The van der Waals surface area contributed by atoms with Crippen LogP contribution in [0.3, 0.4) is 0 Å². The van der Waals surface area contributed by atoms with Crippen molar-refractivity contribution in [3.63, 3.8) is 0 Å². The number of nitrogens with zero attached hydrogens (tertiary/aromatic N) is 1. The molecule has 1 aliphatic carbocycles. The highest BCUT2D eigenvalue weighted by Gasteiger charge is 2.53. The molecule has 14 heavy (non-hydrogen) atoms. The Balaban J connectivity index is 2.40. The third kappa shape index (κ3) is 1.14. The van der Waals surface area contributed by atoms with E-state index in [2.05, 4.69) is 10.3 Å². The van der Waals surface area contributed by atoms with Crippen LogP contribution in [0.25, 0.3) is 0 Å². The molecule has 1 saturated carbocycles. The maximum absolute atomic E-state index is 11.6. The number of rotatable bonds is 2. The maximum atomic E-state index is 11.6. The molecule has 0 aliphatic heterocycles. The summed E-state index contributed by atoms with van der Waals surface area (Å²) in [6.07, 6.45) is 3.36. The summed E-state index contributed by atoms with van der Waals surface area (Å²) in [5, 5.41) is 2.66. The summed E-state index contributed by atoms with van der Waals surface area (Å²) in [5.74, 6) is 0.0166. The van der Waals surface area contributed by atoms with Gasteiger partial charge < -0.3 is 11.1 Å². The molecular formula is C10H13N3O. The average Bonchev–Trinajstić information content (AvgIpc) is 2.98. The normalized spacial score (nSPS) is 17.5. The van der Waals surface area contributed by atoms with E-state index in [0.717, 1.165) is 18.5 Å². The van der Waals surface area contributed by atoms with Gasteiger partial charge in [0.2, 0.25) is 5.91 Å². The van der Waals surface area contributed by atoms with Crippen molar-refractivity contribution in [1.29, 1.82) is 0 Å². The summed E-state index contributed by atoms with van der Waals surface area (Å²) in [5.41, 5.74) is 6.68. The van der Waals surface area contributed by atoms with Gasteiger partial charge in [0.05, 0.1) is 16.8 Å². The highest BCUT2D eigenvalue weighted by molar-refractivity contribution is 5.91. The molecule has 4 heteroatoms. The Morgan fingerprint density at radius 1 is 1.64 bits per heavy atom. The van der Waals surface area contributed by atoms with Crippen LogP contribution in [-0.4, -0.2) is 17.9 Å². The van der Waals surface area contributed by atoms with Gasteiger partial charge in [0.1, 0.15) is 0 Å². The summed E-state index contributed by atoms with van der Waals surface area (Å²) >= 11 is 0. The van der Waals surface area contributed by atoms with Crippen LogP contribution in [0.5, 0.6) is 0 Å². The molecule has 0 atom stereocenters. The number of hydrogen-bond donors (Lipinski definition) is 2. The van der Waals surface area contributed by atoms with Crippen LogP contribution in [0, 0.1) is 0 Å². The number of aromatic nitrogens is 1. The number of hydrogen-bond acceptors (Lipinski definition) is 3. The number of nitrogen functional groups attached to an aromatic ring is 1. The van der Waals surface area contributed by atoms with Crippen molar-refractivity contribution in [2.45, 2.75) is 18.3 Å². The van der Waals surface area contributed by atoms with Gasteiger partial charge >= 0.3 is 0 Å². The van der Waals surface area contributed by atoms with Crippen molar-refractivity contribution >= 4 is 11.6 Å². The Hall–Kier alpha value is -1.58. The second kappa shape index (κ2) is 2.97. The fourth-order valence-electron chi connectivity index (χ4n) is 1.75. The van der Waals surface area contributed by atoms with E-state index in [9.17, 15) is 4.79 Å². The molecule has 1 aliphatic rings. The van der Waals surface area contributed by atoms with E-state index in [-0.39, 0.29) is 5.91 Å². The van der Waals surface area contributed by atoms with Crippen LogP contribution in [-0.2, 0) is 10.2 Å². The monoisotopic (exact) mass is 191 g/mol. The van der Waals surface area contributed by atoms with Crippen LogP contribution in [0.4, 0.5) is 5.69 Å². The predicted molar refractivity (Wildman–Crippen MR) is 53.6 cm³/mol. The zero-order valence-corrected chi connectivity index (χ0v) is 8.08. The second-order valence-electron chi connectivity index (χ2n) is 3.60. The van der Waals surface area contributed by atoms with Crippen LogP contribution < -0.4 is 11.1 Å². The van der Waals surface area contributed by atoms with Crippen molar-refractivity contribution < 1.29 is 4.79 Å². The molecule has 0 unspecified atom stereocenters. The second-order valence-corrected chi connectivity index (χ2v) is 3.60. The fraction of sp³-hybridized carbons (Fsp3) is 0.400. The summed E-state index contributed by atoms with van der Waals surface area (Å²) in [6, 6.07) is 3.56. The van der Waals surface area contributed by atoms with Crippen molar-refractivity contribution in [1.82, 2.24) is 10.3 Å². The molecule has 1 amide bonds. The largest absolute Gasteiger partial charge is 0.397 e. The first-order valence-corrected chi connectivity index (χ1v) is 4.64. The number of nitrogens with one attached hydrogen (secondary N) is 1. The van der Waals surface area contributed by atoms with Crippen molar-refractivity contribution in [3.05, 3.63) is 24.0 Å². The minimum Gasteiger partial charge on any atom is -0.397 e. The molecule has 2 rings (SSSR count). The standard InChI is InChI=1S/C10H13N3O/c1-12-9(14)10(4-5-10)8-7(11)3-2-6-13-8/h2-3,6H,4-5,11H2,1H3,(H,12,14). The molecule has 0 bridgehead atoms. The van der Waals surface area contributed by atoms with Crippen molar-refractivity contribution in [2.75, 3.05) is 12.8 Å². The molecule has 74 valence electrons. The molecule has 3 N–H and O–H groups in total. The fourth-order valence-corrected chi connectivity index (χ4v) is 1.75. The maximum Gasteiger partial charge on any atom is 0.232 e. The number of carbonyl (C=O) groups is 1.